The molecule has 3 heteroatoms. The van der Waals surface area contributed by atoms with Crippen LogP contribution in [0, 0.1) is 6.92 Å². The highest BCUT2D eigenvalue weighted by atomic mass is 32.1. The zero-order chi connectivity index (χ0) is 11.5. The summed E-state index contributed by atoms with van der Waals surface area (Å²) in [5, 5.41) is 4.11. The summed E-state index contributed by atoms with van der Waals surface area (Å²) in [7, 11) is 0. The van der Waals surface area contributed by atoms with Crippen molar-refractivity contribution in [3.63, 3.8) is 0 Å². The van der Waals surface area contributed by atoms with Gasteiger partial charge in [0.15, 0.2) is 0 Å². The molecule has 0 bridgehead atoms. The number of thiophene rings is 1. The minimum atomic E-state index is 0.0561. The van der Waals surface area contributed by atoms with E-state index in [-0.39, 0.29) is 5.91 Å². The molecule has 1 amide bonds. The van der Waals surface area contributed by atoms with Gasteiger partial charge in [0.05, 0.1) is 4.88 Å². The first-order chi connectivity index (χ1) is 7.74. The SMILES string of the molecule is CCCNC(=O)c1sc2ccccc2c1C. The number of benzene rings is 1. The lowest BCUT2D eigenvalue weighted by molar-refractivity contribution is 0.0957. The molecule has 0 aliphatic heterocycles. The third-order valence-corrected chi connectivity index (χ3v) is 3.86. The largest absolute Gasteiger partial charge is 0.351 e. The van der Waals surface area contributed by atoms with Crippen LogP contribution in [0.25, 0.3) is 10.1 Å². The van der Waals surface area contributed by atoms with E-state index < -0.39 is 0 Å². The van der Waals surface area contributed by atoms with Crippen molar-refractivity contribution in [1.82, 2.24) is 5.32 Å². The molecule has 2 aromatic rings. The van der Waals surface area contributed by atoms with Crippen LogP contribution in [0.15, 0.2) is 24.3 Å². The Hall–Kier alpha value is -1.35. The van der Waals surface area contributed by atoms with Gasteiger partial charge in [-0.05, 0) is 30.4 Å². The van der Waals surface area contributed by atoms with E-state index in [4.69, 9.17) is 0 Å². The zero-order valence-corrected chi connectivity index (χ0v) is 10.4. The van der Waals surface area contributed by atoms with E-state index in [9.17, 15) is 4.79 Å². The van der Waals surface area contributed by atoms with Gasteiger partial charge in [-0.3, -0.25) is 4.79 Å². The van der Waals surface area contributed by atoms with Crippen molar-refractivity contribution in [2.24, 2.45) is 0 Å². The Labute approximate surface area is 99.3 Å². The van der Waals surface area contributed by atoms with Crippen molar-refractivity contribution in [3.8, 4) is 0 Å². The predicted octanol–water partition coefficient (Wildman–Crippen LogP) is 3.35. The Kier molecular flexibility index (Phi) is 3.25. The first-order valence-electron chi connectivity index (χ1n) is 5.50. The maximum atomic E-state index is 11.9. The van der Waals surface area contributed by atoms with Crippen molar-refractivity contribution >= 4 is 27.3 Å². The molecule has 0 spiro atoms. The van der Waals surface area contributed by atoms with E-state index in [1.54, 1.807) is 11.3 Å². The van der Waals surface area contributed by atoms with Gasteiger partial charge in [-0.25, -0.2) is 0 Å². The minimum absolute atomic E-state index is 0.0561. The molecule has 0 atom stereocenters. The highest BCUT2D eigenvalue weighted by Gasteiger charge is 2.13. The number of rotatable bonds is 3. The number of aryl methyl sites for hydroxylation is 1. The summed E-state index contributed by atoms with van der Waals surface area (Å²) in [5.41, 5.74) is 1.09. The van der Waals surface area contributed by atoms with Gasteiger partial charge in [-0.2, -0.15) is 0 Å². The Bertz CT molecular complexity index is 516. The van der Waals surface area contributed by atoms with Gasteiger partial charge in [0.2, 0.25) is 0 Å². The van der Waals surface area contributed by atoms with E-state index >= 15 is 0 Å². The smallest absolute Gasteiger partial charge is 0.261 e. The van der Waals surface area contributed by atoms with Crippen LogP contribution in [0.1, 0.15) is 28.6 Å². The summed E-state index contributed by atoms with van der Waals surface area (Å²) >= 11 is 1.57. The highest BCUT2D eigenvalue weighted by molar-refractivity contribution is 7.21. The minimum Gasteiger partial charge on any atom is -0.351 e. The molecule has 0 radical (unpaired) electrons. The van der Waals surface area contributed by atoms with E-state index in [0.717, 1.165) is 23.4 Å². The normalized spacial score (nSPS) is 10.6. The van der Waals surface area contributed by atoms with Gasteiger partial charge in [0.1, 0.15) is 0 Å². The number of fused-ring (bicyclic) bond motifs is 1. The second-order valence-electron chi connectivity index (χ2n) is 3.81. The maximum Gasteiger partial charge on any atom is 0.261 e. The quantitative estimate of drug-likeness (QED) is 0.865. The number of hydrogen-bond donors (Lipinski definition) is 1. The summed E-state index contributed by atoms with van der Waals surface area (Å²) in [5.74, 6) is 0.0561. The summed E-state index contributed by atoms with van der Waals surface area (Å²) in [6.45, 7) is 4.81. The molecule has 0 aliphatic carbocycles. The molecule has 16 heavy (non-hydrogen) atoms. The first kappa shape index (κ1) is 11.1. The molecular formula is C13H15NOS. The predicted molar refractivity (Wildman–Crippen MR) is 69.2 cm³/mol. The second kappa shape index (κ2) is 4.66. The third kappa shape index (κ3) is 1.95. The molecule has 0 saturated heterocycles. The lowest BCUT2D eigenvalue weighted by Gasteiger charge is -2.01. The van der Waals surface area contributed by atoms with Crippen LogP contribution in [0.5, 0.6) is 0 Å². The molecule has 1 aromatic carbocycles. The number of carbonyl (C=O) groups excluding carboxylic acids is 1. The Morgan fingerprint density at radius 1 is 1.38 bits per heavy atom. The maximum absolute atomic E-state index is 11.9. The zero-order valence-electron chi connectivity index (χ0n) is 9.54. The van der Waals surface area contributed by atoms with Crippen LogP contribution < -0.4 is 5.32 Å². The Balaban J connectivity index is 2.37. The van der Waals surface area contributed by atoms with Crippen molar-refractivity contribution in [3.05, 3.63) is 34.7 Å². The average molecular weight is 233 g/mol. The number of hydrogen-bond acceptors (Lipinski definition) is 2. The van der Waals surface area contributed by atoms with Crippen LogP contribution in [-0.2, 0) is 0 Å². The Morgan fingerprint density at radius 2 is 2.12 bits per heavy atom. The van der Waals surface area contributed by atoms with Crippen LogP contribution in [0.2, 0.25) is 0 Å². The molecule has 0 aliphatic rings. The van der Waals surface area contributed by atoms with Gasteiger partial charge in [-0.1, -0.05) is 25.1 Å². The van der Waals surface area contributed by atoms with Gasteiger partial charge in [-0.15, -0.1) is 11.3 Å². The van der Waals surface area contributed by atoms with E-state index in [1.165, 1.54) is 10.1 Å². The van der Waals surface area contributed by atoms with Crippen molar-refractivity contribution in [2.75, 3.05) is 6.54 Å². The fourth-order valence-corrected chi connectivity index (χ4v) is 2.84. The van der Waals surface area contributed by atoms with E-state index in [0.29, 0.717) is 0 Å². The van der Waals surface area contributed by atoms with Crippen LogP contribution in [0.4, 0.5) is 0 Å². The molecule has 1 heterocycles. The fraction of sp³-hybridized carbons (Fsp3) is 0.308. The van der Waals surface area contributed by atoms with Gasteiger partial charge in [0.25, 0.3) is 5.91 Å². The van der Waals surface area contributed by atoms with Gasteiger partial charge < -0.3 is 5.32 Å². The molecule has 1 aromatic heterocycles. The van der Waals surface area contributed by atoms with Crippen molar-refractivity contribution in [1.29, 1.82) is 0 Å². The summed E-state index contributed by atoms with van der Waals surface area (Å²) in [4.78, 5) is 12.7. The molecule has 0 unspecified atom stereocenters. The van der Waals surface area contributed by atoms with Crippen molar-refractivity contribution in [2.45, 2.75) is 20.3 Å². The molecule has 2 rings (SSSR count). The van der Waals surface area contributed by atoms with Gasteiger partial charge in [0, 0.05) is 11.2 Å². The number of amides is 1. The van der Waals surface area contributed by atoms with Crippen molar-refractivity contribution < 1.29 is 4.79 Å². The second-order valence-corrected chi connectivity index (χ2v) is 4.86. The molecular weight excluding hydrogens is 218 g/mol. The van der Waals surface area contributed by atoms with E-state index in [2.05, 4.69) is 24.4 Å². The molecule has 84 valence electrons. The summed E-state index contributed by atoms with van der Waals surface area (Å²) in [6.07, 6.45) is 0.968. The highest BCUT2D eigenvalue weighted by Crippen LogP contribution is 2.30. The van der Waals surface area contributed by atoms with E-state index in [1.807, 2.05) is 19.1 Å². The fourth-order valence-electron chi connectivity index (χ4n) is 1.71. The monoisotopic (exact) mass is 233 g/mol. The average Bonchev–Trinajstić information content (AvgIpc) is 2.64. The number of nitrogens with one attached hydrogen (secondary N) is 1. The first-order valence-corrected chi connectivity index (χ1v) is 6.32. The lowest BCUT2D eigenvalue weighted by Crippen LogP contribution is -2.23. The molecule has 0 saturated carbocycles. The summed E-state index contributed by atoms with van der Waals surface area (Å²) in [6, 6.07) is 8.14. The van der Waals surface area contributed by atoms with Gasteiger partial charge >= 0.3 is 0 Å². The standard InChI is InChI=1S/C13H15NOS/c1-3-8-14-13(15)12-9(2)10-6-4-5-7-11(10)16-12/h4-7H,3,8H2,1-2H3,(H,14,15). The molecule has 1 N–H and O–H groups in total. The van der Waals surface area contributed by atoms with Crippen LogP contribution in [0.3, 0.4) is 0 Å². The summed E-state index contributed by atoms with van der Waals surface area (Å²) < 4.78 is 1.18. The lowest BCUT2D eigenvalue weighted by atomic mass is 10.1. The third-order valence-electron chi connectivity index (χ3n) is 2.59. The van der Waals surface area contributed by atoms with Crippen LogP contribution >= 0.6 is 11.3 Å². The Morgan fingerprint density at radius 3 is 2.81 bits per heavy atom. The van der Waals surface area contributed by atoms with Crippen LogP contribution in [-0.4, -0.2) is 12.5 Å². The molecule has 0 fully saturated rings. The molecule has 2 nitrogen and oxygen atoms in total. The number of carbonyl (C=O) groups is 1. The topological polar surface area (TPSA) is 29.1 Å².